The number of hydrogen-bond donors (Lipinski definition) is 2. The molecule has 1 aliphatic carbocycles. The van der Waals surface area contributed by atoms with Gasteiger partial charge in [-0.25, -0.2) is 0 Å². The lowest BCUT2D eigenvalue weighted by Gasteiger charge is -2.33. The molecule has 13 heavy (non-hydrogen) atoms. The molecule has 1 spiro atoms. The Bertz CT molecular complexity index is 209. The zero-order valence-electron chi connectivity index (χ0n) is 7.88. The molecule has 2 fully saturated rings. The zero-order valence-corrected chi connectivity index (χ0v) is 7.88. The Balaban J connectivity index is 1.98. The molecule has 3 nitrogen and oxygen atoms in total. The monoisotopic (exact) mass is 183 g/mol. The third-order valence-corrected chi connectivity index (χ3v) is 3.52. The summed E-state index contributed by atoms with van der Waals surface area (Å²) in [4.78, 5) is 10.8. The van der Waals surface area contributed by atoms with Crippen molar-refractivity contribution in [3.8, 4) is 0 Å². The molecule has 0 aromatic rings. The topological polar surface area (TPSA) is 49.3 Å². The Morgan fingerprint density at radius 2 is 2.00 bits per heavy atom. The molecule has 1 aliphatic heterocycles. The lowest BCUT2D eigenvalue weighted by molar-refractivity contribution is -0.141. The fraction of sp³-hybridized carbons (Fsp3) is 0.900. The van der Waals surface area contributed by atoms with Crippen LogP contribution >= 0.6 is 0 Å². The van der Waals surface area contributed by atoms with Gasteiger partial charge in [0, 0.05) is 12.1 Å². The summed E-state index contributed by atoms with van der Waals surface area (Å²) >= 11 is 0. The summed E-state index contributed by atoms with van der Waals surface area (Å²) < 4.78 is 0. The predicted octanol–water partition coefficient (Wildman–Crippen LogP) is 1.38. The Morgan fingerprint density at radius 3 is 2.54 bits per heavy atom. The van der Waals surface area contributed by atoms with Gasteiger partial charge < -0.3 is 10.4 Å². The van der Waals surface area contributed by atoms with E-state index in [1.54, 1.807) is 0 Å². The summed E-state index contributed by atoms with van der Waals surface area (Å²) in [6.45, 7) is 0.676. The van der Waals surface area contributed by atoms with Crippen LogP contribution in [0.15, 0.2) is 0 Å². The van der Waals surface area contributed by atoms with Crippen LogP contribution in [0.2, 0.25) is 0 Å². The van der Waals surface area contributed by atoms with Gasteiger partial charge in [0.25, 0.3) is 0 Å². The molecule has 74 valence electrons. The third-order valence-electron chi connectivity index (χ3n) is 3.52. The average Bonchev–Trinajstić information content (AvgIpc) is 2.51. The van der Waals surface area contributed by atoms with E-state index in [9.17, 15) is 4.79 Å². The van der Waals surface area contributed by atoms with Crippen LogP contribution in [0, 0.1) is 5.92 Å². The van der Waals surface area contributed by atoms with Gasteiger partial charge in [0.05, 0.1) is 5.92 Å². The van der Waals surface area contributed by atoms with Crippen molar-refractivity contribution in [1.29, 1.82) is 0 Å². The van der Waals surface area contributed by atoms with E-state index in [0.717, 1.165) is 6.42 Å². The van der Waals surface area contributed by atoms with E-state index in [-0.39, 0.29) is 11.5 Å². The molecule has 1 saturated carbocycles. The first-order valence-corrected chi connectivity index (χ1v) is 5.20. The maximum absolute atomic E-state index is 10.8. The van der Waals surface area contributed by atoms with Crippen LogP contribution in [0.4, 0.5) is 0 Å². The second-order valence-electron chi connectivity index (χ2n) is 4.46. The van der Waals surface area contributed by atoms with E-state index in [2.05, 4.69) is 5.32 Å². The highest BCUT2D eigenvalue weighted by atomic mass is 16.4. The quantitative estimate of drug-likeness (QED) is 0.645. The van der Waals surface area contributed by atoms with Crippen molar-refractivity contribution < 1.29 is 9.90 Å². The molecular formula is C10H17NO2. The highest BCUT2D eigenvalue weighted by Crippen LogP contribution is 2.37. The van der Waals surface area contributed by atoms with Crippen LogP contribution in [0.3, 0.4) is 0 Å². The summed E-state index contributed by atoms with van der Waals surface area (Å²) in [6, 6.07) is 0. The smallest absolute Gasteiger partial charge is 0.307 e. The normalized spacial score (nSPS) is 32.2. The van der Waals surface area contributed by atoms with Crippen LogP contribution in [0.5, 0.6) is 0 Å². The number of nitrogens with one attached hydrogen (secondary N) is 1. The minimum Gasteiger partial charge on any atom is -0.481 e. The highest BCUT2D eigenvalue weighted by molar-refractivity contribution is 5.71. The fourth-order valence-electron chi connectivity index (χ4n) is 2.74. The van der Waals surface area contributed by atoms with E-state index in [1.807, 2.05) is 0 Å². The fourth-order valence-corrected chi connectivity index (χ4v) is 2.74. The van der Waals surface area contributed by atoms with Crippen LogP contribution in [0.25, 0.3) is 0 Å². The minimum absolute atomic E-state index is 0.141. The van der Waals surface area contributed by atoms with Gasteiger partial charge in [0.1, 0.15) is 0 Å². The lowest BCUT2D eigenvalue weighted by Crippen LogP contribution is -2.41. The molecule has 1 atom stereocenters. The minimum atomic E-state index is -0.630. The van der Waals surface area contributed by atoms with Gasteiger partial charge in [0.15, 0.2) is 0 Å². The SMILES string of the molecule is O=C(O)[C@@H]1CNC2(CCCCC2)C1. The molecule has 0 aromatic carbocycles. The summed E-state index contributed by atoms with van der Waals surface area (Å²) in [5.74, 6) is -0.770. The number of carboxylic acid groups (broad SMARTS) is 1. The maximum atomic E-state index is 10.8. The van der Waals surface area contributed by atoms with E-state index >= 15 is 0 Å². The van der Waals surface area contributed by atoms with Gasteiger partial charge in [0.2, 0.25) is 0 Å². The van der Waals surface area contributed by atoms with E-state index in [0.29, 0.717) is 6.54 Å². The molecule has 1 saturated heterocycles. The van der Waals surface area contributed by atoms with Crippen LogP contribution < -0.4 is 5.32 Å². The van der Waals surface area contributed by atoms with Gasteiger partial charge in [-0.3, -0.25) is 4.79 Å². The van der Waals surface area contributed by atoms with E-state index in [4.69, 9.17) is 5.11 Å². The van der Waals surface area contributed by atoms with Crippen LogP contribution in [0.1, 0.15) is 38.5 Å². The molecule has 2 rings (SSSR count). The summed E-state index contributed by atoms with van der Waals surface area (Å²) in [6.07, 6.45) is 7.05. The number of rotatable bonds is 1. The Hall–Kier alpha value is -0.570. The Kier molecular flexibility index (Phi) is 2.28. The van der Waals surface area contributed by atoms with Crippen molar-refractivity contribution in [3.63, 3.8) is 0 Å². The van der Waals surface area contributed by atoms with Crippen molar-refractivity contribution in [2.24, 2.45) is 5.92 Å². The molecule has 2 aliphatic rings. The van der Waals surface area contributed by atoms with Gasteiger partial charge in [-0.1, -0.05) is 19.3 Å². The molecule has 0 unspecified atom stereocenters. The summed E-state index contributed by atoms with van der Waals surface area (Å²) in [5, 5.41) is 12.3. The summed E-state index contributed by atoms with van der Waals surface area (Å²) in [7, 11) is 0. The molecule has 3 heteroatoms. The Morgan fingerprint density at radius 1 is 1.31 bits per heavy atom. The first-order chi connectivity index (χ1) is 6.22. The first-order valence-electron chi connectivity index (χ1n) is 5.20. The van der Waals surface area contributed by atoms with Gasteiger partial charge in [-0.15, -0.1) is 0 Å². The van der Waals surface area contributed by atoms with Crippen LogP contribution in [-0.2, 0) is 4.79 Å². The molecule has 1 heterocycles. The van der Waals surface area contributed by atoms with Crippen molar-refractivity contribution in [2.75, 3.05) is 6.54 Å². The number of aliphatic carboxylic acids is 1. The number of hydrogen-bond acceptors (Lipinski definition) is 2. The summed E-state index contributed by atoms with van der Waals surface area (Å²) in [5.41, 5.74) is 0.196. The molecule has 0 amide bonds. The molecule has 0 bridgehead atoms. The van der Waals surface area contributed by atoms with Crippen molar-refractivity contribution in [1.82, 2.24) is 5.32 Å². The molecule has 2 N–H and O–H groups in total. The first kappa shape index (κ1) is 9.00. The van der Waals surface area contributed by atoms with Crippen molar-refractivity contribution in [3.05, 3.63) is 0 Å². The van der Waals surface area contributed by atoms with Gasteiger partial charge >= 0.3 is 5.97 Å². The van der Waals surface area contributed by atoms with Crippen molar-refractivity contribution >= 4 is 5.97 Å². The number of carbonyl (C=O) groups is 1. The number of carboxylic acids is 1. The van der Waals surface area contributed by atoms with E-state index < -0.39 is 5.97 Å². The molecule has 0 aromatic heterocycles. The largest absolute Gasteiger partial charge is 0.481 e. The zero-order chi connectivity index (χ0) is 9.31. The van der Waals surface area contributed by atoms with E-state index in [1.165, 1.54) is 32.1 Å². The average molecular weight is 183 g/mol. The van der Waals surface area contributed by atoms with Crippen LogP contribution in [-0.4, -0.2) is 23.2 Å². The Labute approximate surface area is 78.5 Å². The van der Waals surface area contributed by atoms with Gasteiger partial charge in [-0.2, -0.15) is 0 Å². The highest BCUT2D eigenvalue weighted by Gasteiger charge is 2.41. The predicted molar refractivity (Wildman–Crippen MR) is 49.6 cm³/mol. The third kappa shape index (κ3) is 1.70. The molecule has 0 radical (unpaired) electrons. The lowest BCUT2D eigenvalue weighted by atomic mass is 9.79. The molecular weight excluding hydrogens is 166 g/mol. The second kappa shape index (κ2) is 3.29. The maximum Gasteiger partial charge on any atom is 0.307 e. The van der Waals surface area contributed by atoms with Gasteiger partial charge in [-0.05, 0) is 19.3 Å². The standard InChI is InChI=1S/C10H17NO2/c12-9(13)8-6-10(11-7-8)4-2-1-3-5-10/h8,11H,1-7H2,(H,12,13)/t8-/m0/s1. The van der Waals surface area contributed by atoms with Crippen molar-refractivity contribution in [2.45, 2.75) is 44.1 Å². The second-order valence-corrected chi connectivity index (χ2v) is 4.46.